The molecule has 0 unspecified atom stereocenters. The largest absolute Gasteiger partial charge is 0.270 e. The van der Waals surface area contributed by atoms with Gasteiger partial charge in [-0.3, -0.25) is 0 Å². The van der Waals surface area contributed by atoms with E-state index in [0.717, 1.165) is 21.7 Å². The van der Waals surface area contributed by atoms with Gasteiger partial charge in [-0.2, -0.15) is 8.78 Å². The molecule has 0 saturated heterocycles. The molecule has 0 N–H and O–H groups in total. The first-order valence-corrected chi connectivity index (χ1v) is 5.05. The average Bonchev–Trinajstić information content (AvgIpc) is 2.47. The predicted molar refractivity (Wildman–Crippen MR) is 56.8 cm³/mol. The second-order valence-electron chi connectivity index (χ2n) is 3.12. The molecule has 0 aliphatic rings. The quantitative estimate of drug-likeness (QED) is 0.652. The fourth-order valence-electron chi connectivity index (χ4n) is 1.39. The average molecular weight is 210 g/mol. The van der Waals surface area contributed by atoms with Crippen LogP contribution in [0.4, 0.5) is 8.78 Å². The van der Waals surface area contributed by atoms with Gasteiger partial charge in [0.05, 0.1) is 0 Å². The lowest BCUT2D eigenvalue weighted by molar-refractivity contribution is 0.429. The second-order valence-corrected chi connectivity index (χ2v) is 4.04. The number of halogens is 2. The molecule has 0 atom stereocenters. The highest BCUT2D eigenvalue weighted by Crippen LogP contribution is 2.28. The van der Waals surface area contributed by atoms with Gasteiger partial charge < -0.3 is 0 Å². The van der Waals surface area contributed by atoms with Gasteiger partial charge in [-0.25, -0.2) is 0 Å². The molecule has 0 bridgehead atoms. The Morgan fingerprint density at radius 2 is 2.14 bits per heavy atom. The smallest absolute Gasteiger partial charge is 0.173 e. The maximum absolute atomic E-state index is 12.1. The lowest BCUT2D eigenvalue weighted by Gasteiger charge is -1.94. The Hall–Kier alpha value is -1.22. The fraction of sp³-hybridized carbons (Fsp3) is 0.0909. The SMILES string of the molecule is Cc1ccc2scc(C=C(F)F)c2c1. The van der Waals surface area contributed by atoms with Crippen molar-refractivity contribution >= 4 is 27.5 Å². The lowest BCUT2D eigenvalue weighted by Crippen LogP contribution is -1.72. The van der Waals surface area contributed by atoms with Crippen molar-refractivity contribution in [1.82, 2.24) is 0 Å². The summed E-state index contributed by atoms with van der Waals surface area (Å²) in [4.78, 5) is 0. The molecule has 0 radical (unpaired) electrons. The van der Waals surface area contributed by atoms with Crippen molar-refractivity contribution in [1.29, 1.82) is 0 Å². The van der Waals surface area contributed by atoms with Gasteiger partial charge in [-0.05, 0) is 30.0 Å². The normalized spacial score (nSPS) is 10.5. The summed E-state index contributed by atoms with van der Waals surface area (Å²) in [7, 11) is 0. The molecule has 3 heteroatoms. The summed E-state index contributed by atoms with van der Waals surface area (Å²) in [6, 6.07) is 5.88. The molecular formula is C11H8F2S. The van der Waals surface area contributed by atoms with Crippen molar-refractivity contribution in [2.24, 2.45) is 0 Å². The van der Waals surface area contributed by atoms with E-state index < -0.39 is 6.08 Å². The molecule has 0 amide bonds. The van der Waals surface area contributed by atoms with E-state index in [1.165, 1.54) is 11.3 Å². The van der Waals surface area contributed by atoms with Gasteiger partial charge in [-0.1, -0.05) is 11.6 Å². The minimum atomic E-state index is -1.65. The van der Waals surface area contributed by atoms with Crippen LogP contribution < -0.4 is 0 Å². The molecule has 0 fully saturated rings. The number of fused-ring (bicyclic) bond motifs is 1. The number of rotatable bonds is 1. The first-order valence-electron chi connectivity index (χ1n) is 4.17. The van der Waals surface area contributed by atoms with Crippen molar-refractivity contribution in [2.45, 2.75) is 6.92 Å². The van der Waals surface area contributed by atoms with Crippen molar-refractivity contribution in [3.05, 3.63) is 40.8 Å². The van der Waals surface area contributed by atoms with E-state index in [0.29, 0.717) is 5.56 Å². The molecule has 2 aromatic rings. The number of aryl methyl sites for hydroxylation is 1. The zero-order chi connectivity index (χ0) is 10.1. The van der Waals surface area contributed by atoms with Crippen LogP contribution in [0.3, 0.4) is 0 Å². The number of benzene rings is 1. The molecule has 1 aromatic carbocycles. The minimum Gasteiger partial charge on any atom is -0.173 e. The topological polar surface area (TPSA) is 0 Å². The summed E-state index contributed by atoms with van der Waals surface area (Å²) in [5.41, 5.74) is 1.69. The zero-order valence-electron chi connectivity index (χ0n) is 7.55. The minimum absolute atomic E-state index is 0.605. The Morgan fingerprint density at radius 1 is 1.36 bits per heavy atom. The van der Waals surface area contributed by atoms with Gasteiger partial charge in [0.15, 0.2) is 0 Å². The number of hydrogen-bond acceptors (Lipinski definition) is 1. The third-order valence-corrected chi connectivity index (χ3v) is 3.01. The third-order valence-electron chi connectivity index (χ3n) is 2.02. The predicted octanol–water partition coefficient (Wildman–Crippen LogP) is 4.45. The molecule has 1 aromatic heterocycles. The molecule has 0 aliphatic carbocycles. The molecule has 0 saturated carbocycles. The Labute approximate surface area is 84.5 Å². The summed E-state index contributed by atoms with van der Waals surface area (Å²) in [5.74, 6) is 0. The van der Waals surface area contributed by atoms with Gasteiger partial charge >= 0.3 is 0 Å². The van der Waals surface area contributed by atoms with Crippen LogP contribution in [0.25, 0.3) is 16.2 Å². The van der Waals surface area contributed by atoms with Gasteiger partial charge in [0.2, 0.25) is 0 Å². The van der Waals surface area contributed by atoms with Crippen LogP contribution in [-0.2, 0) is 0 Å². The van der Waals surface area contributed by atoms with Crippen molar-refractivity contribution in [3.63, 3.8) is 0 Å². The number of thiophene rings is 1. The lowest BCUT2D eigenvalue weighted by atomic mass is 10.1. The van der Waals surface area contributed by atoms with E-state index in [9.17, 15) is 8.78 Å². The molecule has 0 aliphatic heterocycles. The van der Waals surface area contributed by atoms with E-state index >= 15 is 0 Å². The van der Waals surface area contributed by atoms with Crippen molar-refractivity contribution < 1.29 is 8.78 Å². The highest BCUT2D eigenvalue weighted by molar-refractivity contribution is 7.17. The van der Waals surface area contributed by atoms with E-state index in [1.54, 1.807) is 5.38 Å². The Bertz CT molecular complexity index is 493. The standard InChI is InChI=1S/C11H8F2S/c1-7-2-3-10-9(4-7)8(6-14-10)5-11(12)13/h2-6H,1H3. The first kappa shape index (κ1) is 9.34. The summed E-state index contributed by atoms with van der Waals surface area (Å²) in [6.07, 6.45) is -0.732. The van der Waals surface area contributed by atoms with Crippen LogP contribution in [-0.4, -0.2) is 0 Å². The molecule has 1 heterocycles. The summed E-state index contributed by atoms with van der Waals surface area (Å²) in [5, 5.41) is 2.66. The van der Waals surface area contributed by atoms with Gasteiger partial charge in [0, 0.05) is 16.2 Å². The Balaban J connectivity index is 2.67. The van der Waals surface area contributed by atoms with E-state index in [-0.39, 0.29) is 0 Å². The van der Waals surface area contributed by atoms with Gasteiger partial charge in [0.25, 0.3) is 6.08 Å². The van der Waals surface area contributed by atoms with Crippen molar-refractivity contribution in [2.75, 3.05) is 0 Å². The first-order chi connectivity index (χ1) is 6.66. The van der Waals surface area contributed by atoms with Crippen molar-refractivity contribution in [3.8, 4) is 0 Å². The summed E-state index contributed by atoms with van der Waals surface area (Å²) < 4.78 is 25.2. The highest BCUT2D eigenvalue weighted by atomic mass is 32.1. The van der Waals surface area contributed by atoms with Gasteiger partial charge in [-0.15, -0.1) is 11.3 Å². The summed E-state index contributed by atoms with van der Waals surface area (Å²) >= 11 is 1.49. The fourth-order valence-corrected chi connectivity index (χ4v) is 2.29. The highest BCUT2D eigenvalue weighted by Gasteiger charge is 2.03. The molecule has 72 valence electrons. The maximum atomic E-state index is 12.1. The maximum Gasteiger partial charge on any atom is 0.270 e. The van der Waals surface area contributed by atoms with Crippen LogP contribution >= 0.6 is 11.3 Å². The molecular weight excluding hydrogens is 202 g/mol. The molecule has 14 heavy (non-hydrogen) atoms. The number of hydrogen-bond donors (Lipinski definition) is 0. The van der Waals surface area contributed by atoms with E-state index in [2.05, 4.69) is 0 Å². The van der Waals surface area contributed by atoms with Crippen LogP contribution in [0.2, 0.25) is 0 Å². The molecule has 2 rings (SSSR count). The Morgan fingerprint density at radius 3 is 2.86 bits per heavy atom. The van der Waals surface area contributed by atoms with Crippen LogP contribution in [0.15, 0.2) is 29.7 Å². The van der Waals surface area contributed by atoms with E-state index in [4.69, 9.17) is 0 Å². The molecule has 0 spiro atoms. The third kappa shape index (κ3) is 1.68. The molecule has 0 nitrogen and oxygen atoms in total. The van der Waals surface area contributed by atoms with Crippen LogP contribution in [0, 0.1) is 6.92 Å². The van der Waals surface area contributed by atoms with Gasteiger partial charge in [0.1, 0.15) is 0 Å². The zero-order valence-corrected chi connectivity index (χ0v) is 8.37. The monoisotopic (exact) mass is 210 g/mol. The van der Waals surface area contributed by atoms with E-state index in [1.807, 2.05) is 25.1 Å². The summed E-state index contributed by atoms with van der Waals surface area (Å²) in [6.45, 7) is 1.95. The second kappa shape index (κ2) is 3.50. The van der Waals surface area contributed by atoms with Crippen LogP contribution in [0.1, 0.15) is 11.1 Å². The Kier molecular flexibility index (Phi) is 2.33. The van der Waals surface area contributed by atoms with Crippen LogP contribution in [0.5, 0.6) is 0 Å².